The maximum Gasteiger partial charge on any atom is 0.326 e. The van der Waals surface area contributed by atoms with Gasteiger partial charge in [0.2, 0.25) is 5.91 Å². The van der Waals surface area contributed by atoms with Crippen LogP contribution in [0.15, 0.2) is 0 Å². The van der Waals surface area contributed by atoms with Gasteiger partial charge in [0.25, 0.3) is 0 Å². The average molecular weight is 702 g/mol. The number of carbonyl (C=O) groups is 6. The molecule has 0 aromatic rings. The first-order valence-corrected chi connectivity index (χ1v) is 16.6. The van der Waals surface area contributed by atoms with E-state index in [0.717, 1.165) is 0 Å². The molecule has 0 aromatic carbocycles. The number of ether oxygens (including phenoxy) is 5. The highest BCUT2D eigenvalue weighted by molar-refractivity contribution is 5.85. The summed E-state index contributed by atoms with van der Waals surface area (Å²) in [5, 5.41) is 0. The first-order chi connectivity index (χ1) is 21.7. The minimum Gasteiger partial charge on any atom is -0.459 e. The number of carbonyl (C=O) groups excluding carboxylic acids is 6. The summed E-state index contributed by atoms with van der Waals surface area (Å²) in [7, 11) is 0. The van der Waals surface area contributed by atoms with Gasteiger partial charge in [-0.3, -0.25) is 38.6 Å². The van der Waals surface area contributed by atoms with Gasteiger partial charge in [0, 0.05) is 12.6 Å². The number of hydrogen-bond donors (Lipinski definition) is 0. The van der Waals surface area contributed by atoms with E-state index in [2.05, 4.69) is 0 Å². The molecule has 0 N–H and O–H groups in total. The van der Waals surface area contributed by atoms with E-state index in [0.29, 0.717) is 0 Å². The summed E-state index contributed by atoms with van der Waals surface area (Å²) < 4.78 is 27.3. The predicted molar refractivity (Wildman–Crippen MR) is 183 cm³/mol. The number of esters is 5. The number of hydrogen-bond acceptors (Lipinski definition) is 13. The fraction of sp³-hybridized carbons (Fsp3) is 0.829. The predicted octanol–water partition coefficient (Wildman–Crippen LogP) is 3.52. The molecule has 0 rings (SSSR count). The van der Waals surface area contributed by atoms with Crippen LogP contribution in [-0.2, 0) is 52.5 Å². The molecule has 0 bridgehead atoms. The lowest BCUT2D eigenvalue weighted by molar-refractivity contribution is -0.163. The van der Waals surface area contributed by atoms with E-state index in [1.165, 1.54) is 14.7 Å². The second-order valence-corrected chi connectivity index (χ2v) is 17.1. The zero-order valence-corrected chi connectivity index (χ0v) is 32.9. The van der Waals surface area contributed by atoms with E-state index in [1.54, 1.807) is 111 Å². The molecular formula is C35H63N3O11. The Morgan fingerprint density at radius 1 is 0.429 bits per heavy atom. The summed E-state index contributed by atoms with van der Waals surface area (Å²) in [6.07, 6.45) is 0. The fourth-order valence-electron chi connectivity index (χ4n) is 4.24. The van der Waals surface area contributed by atoms with Crippen molar-refractivity contribution in [3.63, 3.8) is 0 Å². The van der Waals surface area contributed by atoms with Crippen molar-refractivity contribution in [3.8, 4) is 0 Å². The average Bonchev–Trinajstić information content (AvgIpc) is 2.76. The van der Waals surface area contributed by atoms with Gasteiger partial charge >= 0.3 is 29.8 Å². The van der Waals surface area contributed by atoms with Gasteiger partial charge in [-0.15, -0.1) is 0 Å². The number of amides is 1. The van der Waals surface area contributed by atoms with E-state index in [-0.39, 0.29) is 19.6 Å². The molecule has 0 saturated carbocycles. The molecule has 1 amide bonds. The van der Waals surface area contributed by atoms with Crippen molar-refractivity contribution >= 4 is 35.8 Å². The molecule has 284 valence electrons. The van der Waals surface area contributed by atoms with Crippen LogP contribution in [0.1, 0.15) is 111 Å². The minimum atomic E-state index is -0.851. The van der Waals surface area contributed by atoms with E-state index < -0.39 is 96.0 Å². The molecule has 0 radical (unpaired) electrons. The van der Waals surface area contributed by atoms with Crippen LogP contribution in [0.25, 0.3) is 0 Å². The van der Waals surface area contributed by atoms with Crippen LogP contribution in [-0.4, -0.2) is 130 Å². The third-order valence-corrected chi connectivity index (χ3v) is 5.61. The fourth-order valence-corrected chi connectivity index (χ4v) is 4.24. The lowest BCUT2D eigenvalue weighted by Crippen LogP contribution is -2.53. The van der Waals surface area contributed by atoms with Crippen molar-refractivity contribution in [2.75, 3.05) is 45.8 Å². The zero-order valence-electron chi connectivity index (χ0n) is 32.9. The van der Waals surface area contributed by atoms with Crippen LogP contribution in [0.3, 0.4) is 0 Å². The van der Waals surface area contributed by atoms with E-state index in [9.17, 15) is 28.8 Å². The Balaban J connectivity index is 6.50. The molecule has 0 fully saturated rings. The van der Waals surface area contributed by atoms with Gasteiger partial charge in [-0.05, 0) is 111 Å². The molecular weight excluding hydrogens is 638 g/mol. The van der Waals surface area contributed by atoms with E-state index in [4.69, 9.17) is 23.7 Å². The largest absolute Gasteiger partial charge is 0.459 e. The maximum absolute atomic E-state index is 13.9. The van der Waals surface area contributed by atoms with E-state index >= 15 is 0 Å². The molecule has 49 heavy (non-hydrogen) atoms. The molecule has 0 aromatic heterocycles. The summed E-state index contributed by atoms with van der Waals surface area (Å²) in [6, 6.07) is -0.684. The number of rotatable bonds is 15. The molecule has 0 aliphatic heterocycles. The van der Waals surface area contributed by atoms with Gasteiger partial charge in [-0.2, -0.15) is 0 Å². The Morgan fingerprint density at radius 2 is 0.694 bits per heavy atom. The highest BCUT2D eigenvalue weighted by atomic mass is 16.6. The SMILES string of the molecule is C[C@@H](CN(CC(=O)OC(C)(C)C)C(=O)CN(CC(=O)OC(C)(C)C)CC(=O)OC(C)(C)C)N(CC(=O)OC(C)(C)C)CC(=O)OC(C)(C)C. The monoisotopic (exact) mass is 701 g/mol. The van der Waals surface area contributed by atoms with Gasteiger partial charge in [-0.25, -0.2) is 0 Å². The zero-order chi connectivity index (χ0) is 38.8. The Hall–Kier alpha value is -3.26. The Kier molecular flexibility index (Phi) is 16.9. The van der Waals surface area contributed by atoms with Gasteiger partial charge < -0.3 is 28.6 Å². The van der Waals surface area contributed by atoms with Crippen molar-refractivity contribution in [1.29, 1.82) is 0 Å². The third-order valence-electron chi connectivity index (χ3n) is 5.61. The smallest absolute Gasteiger partial charge is 0.326 e. The summed E-state index contributed by atoms with van der Waals surface area (Å²) >= 11 is 0. The molecule has 0 aliphatic carbocycles. The van der Waals surface area contributed by atoms with Crippen LogP contribution >= 0.6 is 0 Å². The van der Waals surface area contributed by atoms with Crippen molar-refractivity contribution < 1.29 is 52.5 Å². The Labute approximate surface area is 293 Å². The van der Waals surface area contributed by atoms with Gasteiger partial charge in [-0.1, -0.05) is 0 Å². The summed E-state index contributed by atoms with van der Waals surface area (Å²) in [6.45, 7) is 24.7. The van der Waals surface area contributed by atoms with Gasteiger partial charge in [0.15, 0.2) is 0 Å². The number of nitrogens with zero attached hydrogens (tertiary/aromatic N) is 3. The molecule has 0 unspecified atom stereocenters. The lowest BCUT2D eigenvalue weighted by Gasteiger charge is -2.34. The molecule has 0 aliphatic rings. The van der Waals surface area contributed by atoms with Crippen molar-refractivity contribution in [3.05, 3.63) is 0 Å². The Morgan fingerprint density at radius 3 is 0.980 bits per heavy atom. The molecule has 0 spiro atoms. The molecule has 0 saturated heterocycles. The quantitative estimate of drug-likeness (QED) is 0.181. The van der Waals surface area contributed by atoms with Crippen molar-refractivity contribution in [1.82, 2.24) is 14.7 Å². The standard InChI is InChI=1S/C35H63N3O11/c1-24(37(21-28(42)47-33(8,9)10)22-29(43)48-34(11,12)13)17-38(23-30(44)49-35(14,15)16)25(39)18-36(19-26(40)45-31(2,3)4)20-27(41)46-32(5,6)7/h24H,17-23H2,1-16H3/t24-/m0/s1. The van der Waals surface area contributed by atoms with Crippen LogP contribution in [0, 0.1) is 0 Å². The van der Waals surface area contributed by atoms with Gasteiger partial charge in [0.1, 0.15) is 34.6 Å². The van der Waals surface area contributed by atoms with Crippen LogP contribution in [0.2, 0.25) is 0 Å². The first-order valence-electron chi connectivity index (χ1n) is 16.6. The maximum atomic E-state index is 13.9. The second-order valence-electron chi connectivity index (χ2n) is 17.1. The first kappa shape index (κ1) is 45.7. The molecule has 0 heterocycles. The summed E-state index contributed by atoms with van der Waals surface area (Å²) in [5.41, 5.74) is -4.06. The second kappa shape index (κ2) is 18.1. The molecule has 14 nitrogen and oxygen atoms in total. The topological polar surface area (TPSA) is 158 Å². The van der Waals surface area contributed by atoms with Crippen molar-refractivity contribution in [2.24, 2.45) is 0 Å². The van der Waals surface area contributed by atoms with Crippen LogP contribution < -0.4 is 0 Å². The third kappa shape index (κ3) is 24.5. The Bertz CT molecular complexity index is 1090. The lowest BCUT2D eigenvalue weighted by atomic mass is 10.2. The van der Waals surface area contributed by atoms with Crippen molar-refractivity contribution in [2.45, 2.75) is 145 Å². The molecule has 14 heteroatoms. The van der Waals surface area contributed by atoms with Crippen LogP contribution in [0.5, 0.6) is 0 Å². The van der Waals surface area contributed by atoms with Crippen LogP contribution in [0.4, 0.5) is 0 Å². The summed E-state index contributed by atoms with van der Waals surface area (Å²) in [4.78, 5) is 82.2. The molecule has 1 atom stereocenters. The highest BCUT2D eigenvalue weighted by Gasteiger charge is 2.32. The minimum absolute atomic E-state index is 0.142. The normalized spacial score (nSPS) is 13.4. The van der Waals surface area contributed by atoms with Gasteiger partial charge in [0.05, 0.1) is 32.7 Å². The highest BCUT2D eigenvalue weighted by Crippen LogP contribution is 2.15. The summed E-state index contributed by atoms with van der Waals surface area (Å²) in [5.74, 6) is -3.87. The van der Waals surface area contributed by atoms with E-state index in [1.807, 2.05) is 0 Å².